The molecule has 1 fully saturated rings. The molecule has 0 aliphatic carbocycles. The predicted octanol–water partition coefficient (Wildman–Crippen LogP) is 2.45. The summed E-state index contributed by atoms with van der Waals surface area (Å²) in [4.78, 5) is 13.2. The number of allylic oxidation sites excluding steroid dienone is 1. The molecule has 11 nitrogen and oxygen atoms in total. The van der Waals surface area contributed by atoms with Crippen LogP contribution in [0.1, 0.15) is 50.3 Å². The third kappa shape index (κ3) is 4.94. The van der Waals surface area contributed by atoms with Gasteiger partial charge in [-0.25, -0.2) is 13.4 Å². The first-order valence-corrected chi connectivity index (χ1v) is 13.3. The molecule has 4 rings (SSSR count). The zero-order chi connectivity index (χ0) is 26.1. The summed E-state index contributed by atoms with van der Waals surface area (Å²) in [5, 5.41) is 8.63. The second-order valence-electron chi connectivity index (χ2n) is 9.35. The van der Waals surface area contributed by atoms with Crippen LogP contribution in [0.4, 0.5) is 0 Å². The van der Waals surface area contributed by atoms with Crippen LogP contribution >= 0.6 is 0 Å². The Bertz CT molecular complexity index is 1420. The number of nitrogens with zero attached hydrogens (tertiary/aromatic N) is 6. The third-order valence-corrected chi connectivity index (χ3v) is 8.43. The number of aromatic nitrogens is 5. The second kappa shape index (κ2) is 9.69. The van der Waals surface area contributed by atoms with E-state index in [2.05, 4.69) is 45.6 Å². The van der Waals surface area contributed by atoms with Gasteiger partial charge in [0.2, 0.25) is 0 Å². The number of aliphatic imine (C=N–C) groups is 1. The van der Waals surface area contributed by atoms with Crippen molar-refractivity contribution in [1.29, 1.82) is 0 Å². The van der Waals surface area contributed by atoms with Gasteiger partial charge in [-0.1, -0.05) is 31.6 Å². The number of hydrogen-bond acceptors (Lipinski definition) is 10. The minimum Gasteiger partial charge on any atom is -0.404 e. The predicted molar refractivity (Wildman–Crippen MR) is 137 cm³/mol. The second-order valence-corrected chi connectivity index (χ2v) is 11.6. The van der Waals surface area contributed by atoms with Crippen molar-refractivity contribution in [3.05, 3.63) is 66.4 Å². The van der Waals surface area contributed by atoms with E-state index in [1.807, 2.05) is 19.1 Å². The fourth-order valence-electron chi connectivity index (χ4n) is 4.12. The lowest BCUT2D eigenvalue weighted by atomic mass is 9.73. The molecule has 4 heterocycles. The van der Waals surface area contributed by atoms with Crippen molar-refractivity contribution in [1.82, 2.24) is 24.9 Å². The van der Waals surface area contributed by atoms with Crippen LogP contribution < -0.4 is 11.5 Å². The largest absolute Gasteiger partial charge is 0.404 e. The molecule has 4 N–H and O–H groups in total. The molecule has 2 atom stereocenters. The average Bonchev–Trinajstić information content (AvgIpc) is 3.58. The van der Waals surface area contributed by atoms with Crippen molar-refractivity contribution in [3.8, 4) is 11.5 Å². The van der Waals surface area contributed by atoms with E-state index < -0.39 is 15.3 Å². The Morgan fingerprint density at radius 1 is 1.36 bits per heavy atom. The molecular weight excluding hydrogens is 480 g/mol. The highest BCUT2D eigenvalue weighted by atomic mass is 32.2. The monoisotopic (exact) mass is 510 g/mol. The van der Waals surface area contributed by atoms with E-state index in [4.69, 9.17) is 16.0 Å². The maximum absolute atomic E-state index is 11.8. The zero-order valence-electron chi connectivity index (χ0n) is 20.5. The molecule has 0 amide bonds. The lowest BCUT2D eigenvalue weighted by Crippen LogP contribution is -2.31. The van der Waals surface area contributed by atoms with Gasteiger partial charge in [0, 0.05) is 30.4 Å². The molecular formula is C24H30N8O3S. The summed E-state index contributed by atoms with van der Waals surface area (Å²) in [5.41, 5.74) is 13.4. The molecule has 0 bridgehead atoms. The molecule has 36 heavy (non-hydrogen) atoms. The van der Waals surface area contributed by atoms with Gasteiger partial charge in [-0.3, -0.25) is 9.67 Å². The standard InChI is InChI=1S/C24H30N8O3S/c1-15(2)24(4,19-5-6-21(28-12-19)17(9-25)10-27-16(3)26)23-30-22(35-31-23)18-11-29-32(13-18)20-7-8-36(33,34)14-20/h5-6,9-13,15,20H,3,7-8,14,25-26H2,1-2,4H3/b17-9+,27-10?/t20?,24-/m1/s1. The van der Waals surface area contributed by atoms with Gasteiger partial charge in [0.25, 0.3) is 5.89 Å². The summed E-state index contributed by atoms with van der Waals surface area (Å²) in [6.45, 7) is 9.73. The minimum atomic E-state index is -3.02. The maximum Gasteiger partial charge on any atom is 0.261 e. The summed E-state index contributed by atoms with van der Waals surface area (Å²) in [6, 6.07) is 3.61. The maximum atomic E-state index is 11.8. The van der Waals surface area contributed by atoms with Gasteiger partial charge in [0.15, 0.2) is 15.7 Å². The Hall–Kier alpha value is -3.80. The Morgan fingerprint density at radius 3 is 2.72 bits per heavy atom. The molecule has 3 aromatic heterocycles. The summed E-state index contributed by atoms with van der Waals surface area (Å²) < 4.78 is 30.9. The molecule has 0 radical (unpaired) electrons. The van der Waals surface area contributed by atoms with Crippen LogP contribution in [0.2, 0.25) is 0 Å². The normalized spacial score (nSPS) is 19.7. The van der Waals surface area contributed by atoms with Gasteiger partial charge in [-0.05, 0) is 30.9 Å². The van der Waals surface area contributed by atoms with E-state index in [0.29, 0.717) is 35.0 Å². The minimum absolute atomic E-state index is 0.0888. The first-order valence-electron chi connectivity index (χ1n) is 11.5. The highest BCUT2D eigenvalue weighted by Gasteiger charge is 2.38. The number of rotatable bonds is 8. The van der Waals surface area contributed by atoms with Crippen LogP contribution in [0.3, 0.4) is 0 Å². The van der Waals surface area contributed by atoms with Crippen LogP contribution in [-0.2, 0) is 15.3 Å². The summed E-state index contributed by atoms with van der Waals surface area (Å²) in [5.74, 6) is 1.37. The number of sulfone groups is 1. The first kappa shape index (κ1) is 25.3. The lowest BCUT2D eigenvalue weighted by Gasteiger charge is -2.30. The van der Waals surface area contributed by atoms with Crippen LogP contribution in [0.15, 0.2) is 58.8 Å². The van der Waals surface area contributed by atoms with Gasteiger partial charge in [-0.15, -0.1) is 0 Å². The van der Waals surface area contributed by atoms with Gasteiger partial charge < -0.3 is 16.0 Å². The number of hydrogen-bond donors (Lipinski definition) is 2. The van der Waals surface area contributed by atoms with Gasteiger partial charge in [0.1, 0.15) is 5.82 Å². The van der Waals surface area contributed by atoms with E-state index in [9.17, 15) is 8.42 Å². The van der Waals surface area contributed by atoms with Crippen LogP contribution in [0, 0.1) is 5.92 Å². The topological polar surface area (TPSA) is 168 Å². The lowest BCUT2D eigenvalue weighted by molar-refractivity contribution is 0.350. The molecule has 1 unspecified atom stereocenters. The molecule has 3 aromatic rings. The summed E-state index contributed by atoms with van der Waals surface area (Å²) in [7, 11) is -3.02. The van der Waals surface area contributed by atoms with E-state index in [1.165, 1.54) is 12.4 Å². The fourth-order valence-corrected chi connectivity index (χ4v) is 5.83. The SMILES string of the molecule is C=C(N)N=C/C(=C\N)c1ccc([C@](C)(c2noc(-c3cnn(C4CCS(=O)(=O)C4)c3)n2)C(C)C)cn1. The van der Waals surface area contributed by atoms with E-state index >= 15 is 0 Å². The van der Waals surface area contributed by atoms with Crippen LogP contribution in [-0.4, -0.2) is 51.0 Å². The molecule has 190 valence electrons. The Morgan fingerprint density at radius 2 is 2.14 bits per heavy atom. The molecule has 0 aromatic carbocycles. The Kier molecular flexibility index (Phi) is 6.81. The smallest absolute Gasteiger partial charge is 0.261 e. The zero-order valence-corrected chi connectivity index (χ0v) is 21.3. The van der Waals surface area contributed by atoms with Gasteiger partial charge in [0.05, 0.1) is 40.4 Å². The van der Waals surface area contributed by atoms with Crippen molar-refractivity contribution in [2.75, 3.05) is 11.5 Å². The number of nitrogens with two attached hydrogens (primary N) is 2. The van der Waals surface area contributed by atoms with Crippen molar-refractivity contribution in [2.24, 2.45) is 22.4 Å². The fraction of sp³-hybridized carbons (Fsp3) is 0.375. The third-order valence-electron chi connectivity index (χ3n) is 6.68. The van der Waals surface area contributed by atoms with Gasteiger partial charge >= 0.3 is 0 Å². The average molecular weight is 511 g/mol. The van der Waals surface area contributed by atoms with Crippen molar-refractivity contribution in [3.63, 3.8) is 0 Å². The molecule has 12 heteroatoms. The van der Waals surface area contributed by atoms with Crippen molar-refractivity contribution >= 4 is 21.6 Å². The Labute approximate surface area is 209 Å². The Balaban J connectivity index is 1.61. The van der Waals surface area contributed by atoms with Crippen LogP contribution in [0.5, 0.6) is 0 Å². The van der Waals surface area contributed by atoms with Crippen molar-refractivity contribution < 1.29 is 12.9 Å². The number of pyridine rings is 1. The molecule has 1 aliphatic rings. The van der Waals surface area contributed by atoms with Crippen molar-refractivity contribution in [2.45, 2.75) is 38.6 Å². The van der Waals surface area contributed by atoms with E-state index in [0.717, 1.165) is 5.56 Å². The molecule has 0 spiro atoms. The van der Waals surface area contributed by atoms with Gasteiger partial charge in [-0.2, -0.15) is 10.1 Å². The van der Waals surface area contributed by atoms with E-state index in [-0.39, 0.29) is 29.3 Å². The first-order chi connectivity index (χ1) is 17.0. The summed E-state index contributed by atoms with van der Waals surface area (Å²) >= 11 is 0. The highest BCUT2D eigenvalue weighted by molar-refractivity contribution is 7.91. The van der Waals surface area contributed by atoms with Crippen LogP contribution in [0.25, 0.3) is 17.0 Å². The van der Waals surface area contributed by atoms with E-state index in [1.54, 1.807) is 23.3 Å². The molecule has 1 aliphatic heterocycles. The highest BCUT2D eigenvalue weighted by Crippen LogP contribution is 2.38. The molecule has 0 saturated carbocycles. The summed E-state index contributed by atoms with van der Waals surface area (Å²) in [6.07, 6.45) is 8.59. The molecule has 1 saturated heterocycles. The quantitative estimate of drug-likeness (QED) is 0.432.